The van der Waals surface area contributed by atoms with E-state index in [1.165, 1.54) is 6.92 Å². The minimum absolute atomic E-state index is 0.207. The van der Waals surface area contributed by atoms with Gasteiger partial charge in [-0.2, -0.15) is 0 Å². The fourth-order valence-electron chi connectivity index (χ4n) is 2.18. The lowest BCUT2D eigenvalue weighted by atomic mass is 10.1. The molecular weight excluding hydrogens is 340 g/mol. The molecule has 0 saturated heterocycles. The Morgan fingerprint density at radius 1 is 1.08 bits per heavy atom. The Balaban J connectivity index is 1.90. The summed E-state index contributed by atoms with van der Waals surface area (Å²) in [6.45, 7) is 5.41. The lowest BCUT2D eigenvalue weighted by Gasteiger charge is -2.12. The van der Waals surface area contributed by atoms with E-state index in [4.69, 9.17) is 0 Å². The Hall–Kier alpha value is -2.74. The maximum atomic E-state index is 12.0. The first-order chi connectivity index (χ1) is 11.9. The number of aryl methyl sites for hydroxylation is 1. The van der Waals surface area contributed by atoms with E-state index >= 15 is 0 Å². The molecule has 0 aliphatic heterocycles. The minimum Gasteiger partial charge on any atom is -0.347 e. The molecule has 8 heteroatoms. The molecule has 3 amide bonds. The van der Waals surface area contributed by atoms with E-state index in [0.29, 0.717) is 29.9 Å². The number of carbonyl (C=O) groups excluding carboxylic acids is 3. The second-order valence-corrected chi connectivity index (χ2v) is 6.54. The zero-order valence-electron chi connectivity index (χ0n) is 14.3. The van der Waals surface area contributed by atoms with Crippen LogP contribution < -0.4 is 16.0 Å². The highest BCUT2D eigenvalue weighted by Crippen LogP contribution is 2.23. The first-order valence-corrected chi connectivity index (χ1v) is 8.62. The Morgan fingerprint density at radius 3 is 2.36 bits per heavy atom. The lowest BCUT2D eigenvalue weighted by Crippen LogP contribution is -2.36. The van der Waals surface area contributed by atoms with Crippen LogP contribution in [0.3, 0.4) is 0 Å². The van der Waals surface area contributed by atoms with E-state index in [2.05, 4.69) is 20.9 Å². The standard InChI is InChI=1S/C17H20N4O3S/c1-10-14(19-11(2)22)5-4-6-15(10)21-17(24)16(23)18-8-7-13-9-25-12(3)20-13/h4-6,9H,7-8H2,1-3H3,(H,18,23)(H,19,22)(H,21,24). The number of nitrogens with zero attached hydrogens (tertiary/aromatic N) is 1. The van der Waals surface area contributed by atoms with Crippen LogP contribution in [-0.2, 0) is 20.8 Å². The highest BCUT2D eigenvalue weighted by atomic mass is 32.1. The zero-order valence-corrected chi connectivity index (χ0v) is 15.1. The van der Waals surface area contributed by atoms with E-state index < -0.39 is 11.8 Å². The second-order valence-electron chi connectivity index (χ2n) is 5.48. The SMILES string of the molecule is CC(=O)Nc1cccc(NC(=O)C(=O)NCCc2csc(C)n2)c1C. The summed E-state index contributed by atoms with van der Waals surface area (Å²) in [5.74, 6) is -1.67. The van der Waals surface area contributed by atoms with Crippen molar-refractivity contribution in [1.29, 1.82) is 0 Å². The van der Waals surface area contributed by atoms with Crippen molar-refractivity contribution < 1.29 is 14.4 Å². The lowest BCUT2D eigenvalue weighted by molar-refractivity contribution is -0.136. The van der Waals surface area contributed by atoms with Crippen LogP contribution in [0.2, 0.25) is 0 Å². The summed E-state index contributed by atoms with van der Waals surface area (Å²) in [6.07, 6.45) is 0.570. The van der Waals surface area contributed by atoms with Crippen molar-refractivity contribution in [3.63, 3.8) is 0 Å². The number of nitrogens with one attached hydrogen (secondary N) is 3. The summed E-state index contributed by atoms with van der Waals surface area (Å²) in [5, 5.41) is 10.7. The molecule has 1 aromatic carbocycles. The van der Waals surface area contributed by atoms with Crippen molar-refractivity contribution >= 4 is 40.4 Å². The van der Waals surface area contributed by atoms with Gasteiger partial charge in [-0.1, -0.05) is 6.07 Å². The maximum Gasteiger partial charge on any atom is 0.313 e. The van der Waals surface area contributed by atoms with Crippen LogP contribution >= 0.6 is 11.3 Å². The van der Waals surface area contributed by atoms with E-state index in [9.17, 15) is 14.4 Å². The summed E-state index contributed by atoms with van der Waals surface area (Å²) in [7, 11) is 0. The molecule has 1 aromatic heterocycles. The minimum atomic E-state index is -0.752. The van der Waals surface area contributed by atoms with Crippen molar-refractivity contribution in [2.75, 3.05) is 17.2 Å². The van der Waals surface area contributed by atoms with E-state index in [-0.39, 0.29) is 5.91 Å². The first-order valence-electron chi connectivity index (χ1n) is 7.74. The molecule has 2 aromatic rings. The fourth-order valence-corrected chi connectivity index (χ4v) is 2.83. The van der Waals surface area contributed by atoms with E-state index in [1.807, 2.05) is 12.3 Å². The van der Waals surface area contributed by atoms with Crippen LogP contribution in [0, 0.1) is 13.8 Å². The van der Waals surface area contributed by atoms with Crippen molar-refractivity contribution in [1.82, 2.24) is 10.3 Å². The Morgan fingerprint density at radius 2 is 1.76 bits per heavy atom. The van der Waals surface area contributed by atoms with Gasteiger partial charge in [-0.15, -0.1) is 11.3 Å². The van der Waals surface area contributed by atoms with Crippen LogP contribution in [0.1, 0.15) is 23.2 Å². The third-order valence-electron chi connectivity index (χ3n) is 3.43. The maximum absolute atomic E-state index is 12.0. The van der Waals surface area contributed by atoms with Crippen molar-refractivity contribution in [3.8, 4) is 0 Å². The molecule has 0 bridgehead atoms. The number of carbonyl (C=O) groups is 3. The fraction of sp³-hybridized carbons (Fsp3) is 0.294. The van der Waals surface area contributed by atoms with Gasteiger partial charge in [0.1, 0.15) is 0 Å². The molecular formula is C17H20N4O3S. The second kappa shape index (κ2) is 8.39. The molecule has 7 nitrogen and oxygen atoms in total. The van der Waals surface area contributed by atoms with Gasteiger partial charge in [0.05, 0.1) is 10.7 Å². The van der Waals surface area contributed by atoms with E-state index in [1.54, 1.807) is 36.5 Å². The summed E-state index contributed by atoms with van der Waals surface area (Å²) in [5.41, 5.74) is 2.63. The normalized spacial score (nSPS) is 10.2. The van der Waals surface area contributed by atoms with Gasteiger partial charge in [0, 0.05) is 36.6 Å². The largest absolute Gasteiger partial charge is 0.347 e. The Labute approximate surface area is 149 Å². The highest BCUT2D eigenvalue weighted by molar-refractivity contribution is 7.09. The van der Waals surface area contributed by atoms with Crippen molar-refractivity contribution in [3.05, 3.63) is 39.8 Å². The predicted octanol–water partition coefficient (Wildman–Crippen LogP) is 2.02. The molecule has 1 heterocycles. The molecule has 132 valence electrons. The number of benzene rings is 1. The number of amides is 3. The smallest absolute Gasteiger partial charge is 0.313 e. The van der Waals surface area contributed by atoms with Crippen LogP contribution in [0.4, 0.5) is 11.4 Å². The van der Waals surface area contributed by atoms with Gasteiger partial charge in [-0.3, -0.25) is 14.4 Å². The molecule has 0 aliphatic carbocycles. The summed E-state index contributed by atoms with van der Waals surface area (Å²) in [4.78, 5) is 39.4. The molecule has 0 fully saturated rings. The van der Waals surface area contributed by atoms with Gasteiger partial charge in [0.15, 0.2) is 0 Å². The van der Waals surface area contributed by atoms with E-state index in [0.717, 1.165) is 10.7 Å². The van der Waals surface area contributed by atoms with Gasteiger partial charge in [0.2, 0.25) is 5.91 Å². The number of anilines is 2. The molecule has 0 unspecified atom stereocenters. The first kappa shape index (κ1) is 18.6. The summed E-state index contributed by atoms with van der Waals surface area (Å²) < 4.78 is 0. The number of rotatable bonds is 5. The molecule has 0 spiro atoms. The molecule has 0 radical (unpaired) electrons. The topological polar surface area (TPSA) is 100 Å². The summed E-state index contributed by atoms with van der Waals surface area (Å²) >= 11 is 1.55. The molecule has 25 heavy (non-hydrogen) atoms. The predicted molar refractivity (Wildman–Crippen MR) is 97.7 cm³/mol. The molecule has 3 N–H and O–H groups in total. The number of thiazole rings is 1. The van der Waals surface area contributed by atoms with Gasteiger partial charge in [0.25, 0.3) is 0 Å². The number of aromatic nitrogens is 1. The molecule has 0 aliphatic rings. The average molecular weight is 360 g/mol. The monoisotopic (exact) mass is 360 g/mol. The average Bonchev–Trinajstić information content (AvgIpc) is 2.96. The Kier molecular flexibility index (Phi) is 6.24. The molecule has 0 saturated carbocycles. The van der Waals surface area contributed by atoms with Gasteiger partial charge < -0.3 is 16.0 Å². The molecule has 2 rings (SSSR count). The van der Waals surface area contributed by atoms with Gasteiger partial charge in [-0.05, 0) is 31.5 Å². The van der Waals surface area contributed by atoms with Gasteiger partial charge >= 0.3 is 11.8 Å². The summed E-state index contributed by atoms with van der Waals surface area (Å²) in [6, 6.07) is 5.09. The van der Waals surface area contributed by atoms with Crippen LogP contribution in [0.15, 0.2) is 23.6 Å². The number of hydrogen-bond acceptors (Lipinski definition) is 5. The number of hydrogen-bond donors (Lipinski definition) is 3. The highest BCUT2D eigenvalue weighted by Gasteiger charge is 2.15. The van der Waals surface area contributed by atoms with Crippen molar-refractivity contribution in [2.24, 2.45) is 0 Å². The van der Waals surface area contributed by atoms with Crippen LogP contribution in [-0.4, -0.2) is 29.3 Å². The molecule has 0 atom stereocenters. The van der Waals surface area contributed by atoms with Crippen LogP contribution in [0.5, 0.6) is 0 Å². The zero-order chi connectivity index (χ0) is 18.4. The van der Waals surface area contributed by atoms with Crippen LogP contribution in [0.25, 0.3) is 0 Å². The third kappa shape index (κ3) is 5.39. The van der Waals surface area contributed by atoms with Crippen molar-refractivity contribution in [2.45, 2.75) is 27.2 Å². The van der Waals surface area contributed by atoms with Gasteiger partial charge in [-0.25, -0.2) is 4.98 Å². The quantitative estimate of drug-likeness (QED) is 0.710. The Bertz CT molecular complexity index is 801. The third-order valence-corrected chi connectivity index (χ3v) is 4.25.